The maximum Gasteiger partial charge on any atom is 0.321 e. The summed E-state index contributed by atoms with van der Waals surface area (Å²) in [6, 6.07) is -0.277. The lowest BCUT2D eigenvalue weighted by Gasteiger charge is -2.07. The fourth-order valence-electron chi connectivity index (χ4n) is 2.12. The fraction of sp³-hybridized carbons (Fsp3) is 0.615. The lowest BCUT2D eigenvalue weighted by molar-refractivity contribution is -0.141. The molecule has 0 spiro atoms. The largest absolute Gasteiger partial charge is 0.481 e. The number of carbonyl (C=O) groups excluding carboxylic acids is 1. The van der Waals surface area contributed by atoms with Crippen LogP contribution in [0.2, 0.25) is 0 Å². The number of hydrogen-bond acceptors (Lipinski definition) is 4. The van der Waals surface area contributed by atoms with E-state index in [1.165, 1.54) is 16.2 Å². The standard InChI is InChI=1S/C13H19N3O3S/c1-8(11(17)18)4-3-7-14-12(19)16-13-15-9-5-2-6-10(9)20-13/h8H,2-7H2,1H3,(H,17,18)(H2,14,15,16,19). The molecule has 0 radical (unpaired) electrons. The molecule has 6 nitrogen and oxygen atoms in total. The molecule has 0 aliphatic heterocycles. The molecule has 1 atom stereocenters. The maximum absolute atomic E-state index is 11.6. The molecule has 20 heavy (non-hydrogen) atoms. The smallest absolute Gasteiger partial charge is 0.321 e. The predicted octanol–water partition coefficient (Wildman–Crippen LogP) is 2.25. The SMILES string of the molecule is CC(CCCNC(=O)Nc1nc2c(s1)CCC2)C(=O)O. The van der Waals surface area contributed by atoms with Gasteiger partial charge in [0.15, 0.2) is 5.13 Å². The molecule has 1 aliphatic rings. The minimum absolute atomic E-state index is 0.277. The predicted molar refractivity (Wildman–Crippen MR) is 77.2 cm³/mol. The van der Waals surface area contributed by atoms with Crippen molar-refractivity contribution in [3.05, 3.63) is 10.6 Å². The van der Waals surface area contributed by atoms with Gasteiger partial charge < -0.3 is 10.4 Å². The Balaban J connectivity index is 1.66. The Morgan fingerprint density at radius 3 is 2.95 bits per heavy atom. The molecule has 1 heterocycles. The van der Waals surface area contributed by atoms with Gasteiger partial charge in [-0.05, 0) is 32.1 Å². The minimum atomic E-state index is -0.799. The number of carbonyl (C=O) groups is 2. The molecule has 1 unspecified atom stereocenters. The van der Waals surface area contributed by atoms with Crippen LogP contribution in [0.25, 0.3) is 0 Å². The van der Waals surface area contributed by atoms with Crippen molar-refractivity contribution in [3.8, 4) is 0 Å². The highest BCUT2D eigenvalue weighted by molar-refractivity contribution is 7.15. The van der Waals surface area contributed by atoms with E-state index in [9.17, 15) is 9.59 Å². The second-order valence-electron chi connectivity index (χ2n) is 5.00. The van der Waals surface area contributed by atoms with E-state index in [-0.39, 0.29) is 11.9 Å². The third-order valence-corrected chi connectivity index (χ3v) is 4.41. The summed E-state index contributed by atoms with van der Waals surface area (Å²) in [4.78, 5) is 27.9. The quantitative estimate of drug-likeness (QED) is 0.702. The lowest BCUT2D eigenvalue weighted by atomic mass is 10.1. The second-order valence-corrected chi connectivity index (χ2v) is 6.09. The van der Waals surface area contributed by atoms with Crippen molar-refractivity contribution in [2.75, 3.05) is 11.9 Å². The summed E-state index contributed by atoms with van der Waals surface area (Å²) in [7, 11) is 0. The van der Waals surface area contributed by atoms with Gasteiger partial charge in [-0.2, -0.15) is 0 Å². The van der Waals surface area contributed by atoms with Crippen LogP contribution in [-0.4, -0.2) is 28.6 Å². The molecule has 110 valence electrons. The molecule has 7 heteroatoms. The van der Waals surface area contributed by atoms with Gasteiger partial charge >= 0.3 is 12.0 Å². The molecule has 0 bridgehead atoms. The zero-order valence-corrected chi connectivity index (χ0v) is 12.3. The average Bonchev–Trinajstić information content (AvgIpc) is 2.94. The van der Waals surface area contributed by atoms with Crippen molar-refractivity contribution in [2.45, 2.75) is 39.0 Å². The van der Waals surface area contributed by atoms with Crippen molar-refractivity contribution in [2.24, 2.45) is 5.92 Å². The highest BCUT2D eigenvalue weighted by Gasteiger charge is 2.17. The number of hydrogen-bond donors (Lipinski definition) is 3. The first kappa shape index (κ1) is 14.8. The lowest BCUT2D eigenvalue weighted by Crippen LogP contribution is -2.29. The highest BCUT2D eigenvalue weighted by Crippen LogP contribution is 2.30. The van der Waals surface area contributed by atoms with E-state index in [1.54, 1.807) is 6.92 Å². The van der Waals surface area contributed by atoms with Crippen LogP contribution in [0.3, 0.4) is 0 Å². The number of aryl methyl sites for hydroxylation is 2. The molecule has 2 rings (SSSR count). The molecule has 3 N–H and O–H groups in total. The van der Waals surface area contributed by atoms with Gasteiger partial charge in [-0.15, -0.1) is 11.3 Å². The number of amides is 2. The van der Waals surface area contributed by atoms with E-state index in [0.29, 0.717) is 24.5 Å². The van der Waals surface area contributed by atoms with E-state index in [0.717, 1.165) is 25.0 Å². The van der Waals surface area contributed by atoms with Crippen molar-refractivity contribution < 1.29 is 14.7 Å². The summed E-state index contributed by atoms with van der Waals surface area (Å²) in [5.41, 5.74) is 1.11. The third-order valence-electron chi connectivity index (χ3n) is 3.34. The number of nitrogens with zero attached hydrogens (tertiary/aromatic N) is 1. The van der Waals surface area contributed by atoms with Gasteiger partial charge in [0.2, 0.25) is 0 Å². The molecule has 0 fully saturated rings. The van der Waals surface area contributed by atoms with Crippen molar-refractivity contribution >= 4 is 28.5 Å². The van der Waals surface area contributed by atoms with E-state index in [1.807, 2.05) is 0 Å². The Morgan fingerprint density at radius 1 is 1.45 bits per heavy atom. The summed E-state index contributed by atoms with van der Waals surface area (Å²) in [5, 5.41) is 14.8. The highest BCUT2D eigenvalue weighted by atomic mass is 32.1. The van der Waals surface area contributed by atoms with Crippen molar-refractivity contribution in [1.82, 2.24) is 10.3 Å². The Bertz CT molecular complexity index is 480. The minimum Gasteiger partial charge on any atom is -0.481 e. The van der Waals surface area contributed by atoms with Gasteiger partial charge in [-0.3, -0.25) is 10.1 Å². The van der Waals surface area contributed by atoms with Gasteiger partial charge in [0.1, 0.15) is 0 Å². The number of nitrogens with one attached hydrogen (secondary N) is 2. The topological polar surface area (TPSA) is 91.3 Å². The van der Waals surface area contributed by atoms with Gasteiger partial charge in [-0.1, -0.05) is 6.92 Å². The average molecular weight is 297 g/mol. The number of urea groups is 1. The summed E-state index contributed by atoms with van der Waals surface area (Å²) < 4.78 is 0. The number of anilines is 1. The van der Waals surface area contributed by atoms with Crippen LogP contribution >= 0.6 is 11.3 Å². The number of carboxylic acids is 1. The van der Waals surface area contributed by atoms with Gasteiger partial charge in [0.05, 0.1) is 11.6 Å². The van der Waals surface area contributed by atoms with Gasteiger partial charge in [0.25, 0.3) is 0 Å². The number of rotatable bonds is 6. The zero-order chi connectivity index (χ0) is 14.5. The molecule has 1 aliphatic carbocycles. The molecule has 0 aromatic carbocycles. The number of fused-ring (bicyclic) bond motifs is 1. The van der Waals surface area contributed by atoms with Crippen LogP contribution < -0.4 is 10.6 Å². The van der Waals surface area contributed by atoms with E-state index in [2.05, 4.69) is 15.6 Å². The van der Waals surface area contributed by atoms with E-state index in [4.69, 9.17) is 5.11 Å². The Labute approximate surface area is 121 Å². The Morgan fingerprint density at radius 2 is 2.25 bits per heavy atom. The molecular formula is C13H19N3O3S. The monoisotopic (exact) mass is 297 g/mol. The fourth-order valence-corrected chi connectivity index (χ4v) is 3.16. The van der Waals surface area contributed by atoms with E-state index < -0.39 is 5.97 Å². The number of aromatic nitrogens is 1. The van der Waals surface area contributed by atoms with Crippen LogP contribution in [0, 0.1) is 5.92 Å². The molecule has 1 aromatic rings. The normalized spacial score (nSPS) is 14.7. The van der Waals surface area contributed by atoms with Crippen molar-refractivity contribution in [3.63, 3.8) is 0 Å². The maximum atomic E-state index is 11.6. The summed E-state index contributed by atoms with van der Waals surface area (Å²) in [6.07, 6.45) is 4.42. The first-order chi connectivity index (χ1) is 9.56. The summed E-state index contributed by atoms with van der Waals surface area (Å²) in [5.74, 6) is -1.17. The van der Waals surface area contributed by atoms with Crippen LogP contribution in [0.4, 0.5) is 9.93 Å². The van der Waals surface area contributed by atoms with Crippen LogP contribution in [0.5, 0.6) is 0 Å². The van der Waals surface area contributed by atoms with Gasteiger partial charge in [-0.25, -0.2) is 9.78 Å². The molecule has 0 saturated carbocycles. The first-order valence-corrected chi connectivity index (χ1v) is 7.64. The number of carboxylic acid groups (broad SMARTS) is 1. The van der Waals surface area contributed by atoms with Crippen LogP contribution in [0.1, 0.15) is 36.8 Å². The summed E-state index contributed by atoms with van der Waals surface area (Å²) in [6.45, 7) is 2.13. The molecular weight excluding hydrogens is 278 g/mol. The third kappa shape index (κ3) is 3.93. The number of thiazole rings is 1. The first-order valence-electron chi connectivity index (χ1n) is 6.82. The Hall–Kier alpha value is -1.63. The van der Waals surface area contributed by atoms with Gasteiger partial charge in [0, 0.05) is 11.4 Å². The zero-order valence-electron chi connectivity index (χ0n) is 11.4. The van der Waals surface area contributed by atoms with E-state index >= 15 is 0 Å². The molecule has 1 aromatic heterocycles. The van der Waals surface area contributed by atoms with Crippen molar-refractivity contribution in [1.29, 1.82) is 0 Å². The number of aliphatic carboxylic acids is 1. The van der Waals surface area contributed by atoms with Crippen LogP contribution in [-0.2, 0) is 17.6 Å². The summed E-state index contributed by atoms with van der Waals surface area (Å²) >= 11 is 1.54. The second kappa shape index (κ2) is 6.69. The van der Waals surface area contributed by atoms with Crippen LogP contribution in [0.15, 0.2) is 0 Å². The molecule has 2 amide bonds. The molecule has 0 saturated heterocycles. The Kier molecular flexibility index (Phi) is 4.94.